The van der Waals surface area contributed by atoms with E-state index in [1.165, 1.54) is 19.9 Å². The molecular weight excluding hydrogens is 229 g/mol. The minimum atomic E-state index is -1.30. The van der Waals surface area contributed by atoms with Crippen LogP contribution in [0.4, 0.5) is 10.1 Å². The van der Waals surface area contributed by atoms with Crippen LogP contribution in [0.15, 0.2) is 12.1 Å². The second-order valence-electron chi connectivity index (χ2n) is 3.56. The zero-order valence-electron chi connectivity index (χ0n) is 9.36. The van der Waals surface area contributed by atoms with E-state index in [9.17, 15) is 14.0 Å². The molecule has 0 aliphatic rings. The van der Waals surface area contributed by atoms with Crippen molar-refractivity contribution in [1.82, 2.24) is 0 Å². The van der Waals surface area contributed by atoms with Crippen LogP contribution in [0.1, 0.15) is 22.8 Å². The summed E-state index contributed by atoms with van der Waals surface area (Å²) in [5.74, 6) is -2.84. The minimum Gasteiger partial charge on any atom is -0.479 e. The van der Waals surface area contributed by atoms with Crippen LogP contribution in [-0.2, 0) is 9.53 Å². The fourth-order valence-corrected chi connectivity index (χ4v) is 1.10. The molecule has 1 aromatic carbocycles. The molecule has 0 spiro atoms. The summed E-state index contributed by atoms with van der Waals surface area (Å²) in [6.45, 7) is 2.67. The number of anilines is 1. The summed E-state index contributed by atoms with van der Waals surface area (Å²) < 4.78 is 17.9. The van der Waals surface area contributed by atoms with E-state index in [0.29, 0.717) is 0 Å². The summed E-state index contributed by atoms with van der Waals surface area (Å²) in [7, 11) is 0. The molecular formula is C11H12FNO4. The molecule has 0 bridgehead atoms. The summed E-state index contributed by atoms with van der Waals surface area (Å²) in [6.07, 6.45) is -1.30. The normalized spacial score (nSPS) is 11.9. The van der Waals surface area contributed by atoms with Crippen LogP contribution in [0.3, 0.4) is 0 Å². The van der Waals surface area contributed by atoms with Gasteiger partial charge in [0, 0.05) is 11.3 Å². The first-order valence-corrected chi connectivity index (χ1v) is 4.82. The fraction of sp³-hybridized carbons (Fsp3) is 0.273. The van der Waals surface area contributed by atoms with Crippen molar-refractivity contribution in [2.45, 2.75) is 20.0 Å². The smallest absolute Gasteiger partial charge is 0.344 e. The second-order valence-corrected chi connectivity index (χ2v) is 3.56. The van der Waals surface area contributed by atoms with E-state index in [0.717, 1.165) is 6.07 Å². The first-order valence-electron chi connectivity index (χ1n) is 4.82. The Morgan fingerprint density at radius 2 is 2.06 bits per heavy atom. The molecule has 0 saturated heterocycles. The number of rotatable bonds is 3. The lowest BCUT2D eigenvalue weighted by atomic mass is 10.1. The SMILES string of the molecule is Cc1c(N)cc(C(=O)OC(C)C(=O)O)cc1F. The van der Waals surface area contributed by atoms with Gasteiger partial charge in [0.15, 0.2) is 6.10 Å². The predicted molar refractivity (Wildman–Crippen MR) is 58.1 cm³/mol. The number of aliphatic carboxylic acids is 1. The average molecular weight is 241 g/mol. The first kappa shape index (κ1) is 13.0. The Balaban J connectivity index is 2.94. The average Bonchev–Trinajstić information content (AvgIpc) is 2.24. The standard InChI is InChI=1S/C11H12FNO4/c1-5-8(12)3-7(4-9(5)13)11(16)17-6(2)10(14)15/h3-4,6H,13H2,1-2H3,(H,14,15). The van der Waals surface area contributed by atoms with E-state index >= 15 is 0 Å². The Morgan fingerprint density at radius 3 is 2.53 bits per heavy atom. The highest BCUT2D eigenvalue weighted by Crippen LogP contribution is 2.18. The summed E-state index contributed by atoms with van der Waals surface area (Å²) in [5.41, 5.74) is 5.71. The molecule has 0 saturated carbocycles. The zero-order chi connectivity index (χ0) is 13.2. The molecule has 5 nitrogen and oxygen atoms in total. The van der Waals surface area contributed by atoms with Gasteiger partial charge in [0.25, 0.3) is 0 Å². The van der Waals surface area contributed by atoms with Gasteiger partial charge in [-0.3, -0.25) is 0 Å². The quantitative estimate of drug-likeness (QED) is 0.615. The Hall–Kier alpha value is -2.11. The van der Waals surface area contributed by atoms with Crippen LogP contribution in [0.5, 0.6) is 0 Å². The molecule has 0 heterocycles. The summed E-state index contributed by atoms with van der Waals surface area (Å²) in [5, 5.41) is 8.56. The Bertz CT molecular complexity index is 450. The van der Waals surface area contributed by atoms with Gasteiger partial charge < -0.3 is 15.6 Å². The van der Waals surface area contributed by atoms with E-state index < -0.39 is 23.9 Å². The van der Waals surface area contributed by atoms with Crippen LogP contribution in [0, 0.1) is 12.7 Å². The molecule has 0 aromatic heterocycles. The molecule has 1 unspecified atom stereocenters. The number of nitrogens with two attached hydrogens (primary N) is 1. The van der Waals surface area contributed by atoms with Crippen LogP contribution < -0.4 is 5.73 Å². The number of carboxylic acid groups (broad SMARTS) is 1. The van der Waals surface area contributed by atoms with E-state index in [2.05, 4.69) is 4.74 Å². The molecule has 1 aromatic rings. The molecule has 1 atom stereocenters. The maximum atomic E-state index is 13.3. The van der Waals surface area contributed by atoms with E-state index in [1.54, 1.807) is 0 Å². The highest BCUT2D eigenvalue weighted by Gasteiger charge is 2.19. The van der Waals surface area contributed by atoms with Gasteiger partial charge in [0.2, 0.25) is 0 Å². The van der Waals surface area contributed by atoms with Crippen molar-refractivity contribution >= 4 is 17.6 Å². The van der Waals surface area contributed by atoms with Crippen LogP contribution in [-0.4, -0.2) is 23.1 Å². The van der Waals surface area contributed by atoms with Crippen LogP contribution in [0.25, 0.3) is 0 Å². The third-order valence-corrected chi connectivity index (χ3v) is 2.25. The summed E-state index contributed by atoms with van der Waals surface area (Å²) in [6, 6.07) is 2.21. The van der Waals surface area contributed by atoms with Crippen molar-refractivity contribution in [1.29, 1.82) is 0 Å². The number of hydrogen-bond donors (Lipinski definition) is 2. The molecule has 1 rings (SSSR count). The Labute approximate surface area is 97.0 Å². The summed E-state index contributed by atoms with van der Waals surface area (Å²) in [4.78, 5) is 21.9. The van der Waals surface area contributed by atoms with Gasteiger partial charge in [0.05, 0.1) is 5.56 Å². The number of carbonyl (C=O) groups excluding carboxylic acids is 1. The van der Waals surface area contributed by atoms with Crippen LogP contribution >= 0.6 is 0 Å². The maximum Gasteiger partial charge on any atom is 0.344 e. The topological polar surface area (TPSA) is 89.6 Å². The number of carbonyl (C=O) groups is 2. The molecule has 92 valence electrons. The maximum absolute atomic E-state index is 13.3. The number of carboxylic acids is 1. The lowest BCUT2D eigenvalue weighted by Crippen LogP contribution is -2.23. The number of ether oxygens (including phenoxy) is 1. The van der Waals surface area contributed by atoms with E-state index in [1.807, 2.05) is 0 Å². The van der Waals surface area contributed by atoms with Gasteiger partial charge in [-0.25, -0.2) is 14.0 Å². The zero-order valence-corrected chi connectivity index (χ0v) is 9.36. The molecule has 0 radical (unpaired) electrons. The number of esters is 1. The Kier molecular flexibility index (Phi) is 3.67. The van der Waals surface area contributed by atoms with Crippen molar-refractivity contribution in [3.05, 3.63) is 29.1 Å². The minimum absolute atomic E-state index is 0.111. The third-order valence-electron chi connectivity index (χ3n) is 2.25. The van der Waals surface area contributed by atoms with E-state index in [-0.39, 0.29) is 16.8 Å². The Morgan fingerprint density at radius 1 is 1.47 bits per heavy atom. The van der Waals surface area contributed by atoms with Gasteiger partial charge in [0.1, 0.15) is 5.82 Å². The monoisotopic (exact) mass is 241 g/mol. The van der Waals surface area contributed by atoms with Gasteiger partial charge in [-0.2, -0.15) is 0 Å². The van der Waals surface area contributed by atoms with Crippen molar-refractivity contribution in [2.75, 3.05) is 5.73 Å². The number of nitrogen functional groups attached to an aromatic ring is 1. The molecule has 0 fully saturated rings. The van der Waals surface area contributed by atoms with E-state index in [4.69, 9.17) is 10.8 Å². The lowest BCUT2D eigenvalue weighted by Gasteiger charge is -2.10. The highest BCUT2D eigenvalue weighted by molar-refractivity contribution is 5.92. The highest BCUT2D eigenvalue weighted by atomic mass is 19.1. The van der Waals surface area contributed by atoms with Crippen molar-refractivity contribution < 1.29 is 23.8 Å². The third kappa shape index (κ3) is 2.93. The molecule has 3 N–H and O–H groups in total. The lowest BCUT2D eigenvalue weighted by molar-refractivity contribution is -0.146. The van der Waals surface area contributed by atoms with Crippen molar-refractivity contribution in [3.63, 3.8) is 0 Å². The van der Waals surface area contributed by atoms with Gasteiger partial charge in [-0.05, 0) is 26.0 Å². The van der Waals surface area contributed by atoms with Gasteiger partial charge in [-0.1, -0.05) is 0 Å². The molecule has 17 heavy (non-hydrogen) atoms. The molecule has 6 heteroatoms. The fourth-order valence-electron chi connectivity index (χ4n) is 1.10. The molecule has 0 amide bonds. The predicted octanol–water partition coefficient (Wildman–Crippen LogP) is 1.35. The van der Waals surface area contributed by atoms with Crippen LogP contribution in [0.2, 0.25) is 0 Å². The van der Waals surface area contributed by atoms with Gasteiger partial charge in [-0.15, -0.1) is 0 Å². The van der Waals surface area contributed by atoms with Crippen molar-refractivity contribution in [3.8, 4) is 0 Å². The second kappa shape index (κ2) is 4.82. The van der Waals surface area contributed by atoms with Gasteiger partial charge >= 0.3 is 11.9 Å². The number of hydrogen-bond acceptors (Lipinski definition) is 4. The number of halogens is 1. The summed E-state index contributed by atoms with van der Waals surface area (Å²) >= 11 is 0. The van der Waals surface area contributed by atoms with Crippen molar-refractivity contribution in [2.24, 2.45) is 0 Å². The first-order chi connectivity index (χ1) is 7.82. The largest absolute Gasteiger partial charge is 0.479 e. The molecule has 0 aliphatic carbocycles. The molecule has 0 aliphatic heterocycles. The number of benzene rings is 1.